The number of amides is 2. The van der Waals surface area contributed by atoms with Gasteiger partial charge in [0.1, 0.15) is 6.04 Å². The maximum atomic E-state index is 12.9. The van der Waals surface area contributed by atoms with Gasteiger partial charge >= 0.3 is 12.1 Å². The molecule has 0 saturated carbocycles. The van der Waals surface area contributed by atoms with Gasteiger partial charge in [0.25, 0.3) is 15.9 Å². The van der Waals surface area contributed by atoms with Crippen LogP contribution in [0.2, 0.25) is 5.02 Å². The van der Waals surface area contributed by atoms with Gasteiger partial charge in [-0.15, -0.1) is 0 Å². The summed E-state index contributed by atoms with van der Waals surface area (Å²) in [6.07, 6.45) is 0.333. The molecule has 13 heteroatoms. The molecule has 1 atom stereocenters. The third-order valence-electron chi connectivity index (χ3n) is 4.87. The summed E-state index contributed by atoms with van der Waals surface area (Å²) in [7, 11) is -4.20. The molecule has 0 spiro atoms. The van der Waals surface area contributed by atoms with E-state index in [1.165, 1.54) is 0 Å². The Balaban J connectivity index is 2.31. The quantitative estimate of drug-likeness (QED) is 0.294. The van der Waals surface area contributed by atoms with Crippen LogP contribution in [0.15, 0.2) is 41.3 Å². The predicted molar refractivity (Wildman–Crippen MR) is 130 cm³/mol. The fourth-order valence-corrected chi connectivity index (χ4v) is 4.47. The van der Waals surface area contributed by atoms with Crippen molar-refractivity contribution in [2.24, 2.45) is 17.4 Å². The number of hydrogen-bond donors (Lipinski definition) is 5. The van der Waals surface area contributed by atoms with E-state index in [1.54, 1.807) is 38.1 Å². The number of rotatable bonds is 11. The molecule has 0 saturated heterocycles. The van der Waals surface area contributed by atoms with Crippen LogP contribution in [0.25, 0.3) is 0 Å². The number of nitrogens with one attached hydrogen (secondary N) is 2. The van der Waals surface area contributed by atoms with Crippen molar-refractivity contribution in [3.63, 3.8) is 0 Å². The topological polar surface area (TPSA) is 191 Å². The van der Waals surface area contributed by atoms with E-state index < -0.39 is 61.2 Å². The SMILES string of the molecule is CC(C)C(NC(=O)Oc1c(Cl)cc(S(=O)(=O)Nc2ccc(CCCN)cc2)cc1C(N)=O)C(=O)O. The van der Waals surface area contributed by atoms with Gasteiger partial charge < -0.3 is 26.6 Å². The summed E-state index contributed by atoms with van der Waals surface area (Å²) < 4.78 is 33.2. The Labute approximate surface area is 207 Å². The van der Waals surface area contributed by atoms with Crippen molar-refractivity contribution in [1.29, 1.82) is 0 Å². The van der Waals surface area contributed by atoms with E-state index in [-0.39, 0.29) is 5.69 Å². The third kappa shape index (κ3) is 7.57. The Kier molecular flexibility index (Phi) is 9.46. The summed E-state index contributed by atoms with van der Waals surface area (Å²) in [6.45, 7) is 3.68. The highest BCUT2D eigenvalue weighted by Crippen LogP contribution is 2.33. The molecule has 0 heterocycles. The molecule has 0 aliphatic carbocycles. The van der Waals surface area contributed by atoms with Crippen LogP contribution in [-0.2, 0) is 21.2 Å². The van der Waals surface area contributed by atoms with Crippen molar-refractivity contribution < 1.29 is 32.6 Å². The number of carboxylic acid groups (broad SMARTS) is 1. The minimum absolute atomic E-state index is 0.270. The molecule has 0 aromatic heterocycles. The number of sulfonamides is 1. The number of aryl methyl sites for hydroxylation is 1. The molecule has 190 valence electrons. The standard InChI is InChI=1S/C22H27ClN4O7S/c1-12(2)18(21(29)30)26-22(31)34-19-16(20(25)28)10-15(11-17(19)23)35(32,33)27-14-7-5-13(6-8-14)4-3-9-24/h5-8,10-12,18,27H,3-4,9,24H2,1-2H3,(H2,25,28)(H,26,31)(H,29,30). The number of ether oxygens (including phenoxy) is 1. The molecule has 2 amide bonds. The number of carbonyl (C=O) groups is 3. The molecule has 1 unspecified atom stereocenters. The Bertz CT molecular complexity index is 1200. The van der Waals surface area contributed by atoms with Crippen LogP contribution in [0.5, 0.6) is 5.75 Å². The largest absolute Gasteiger partial charge is 0.480 e. The smallest absolute Gasteiger partial charge is 0.413 e. The summed E-state index contributed by atoms with van der Waals surface area (Å²) in [5.41, 5.74) is 11.6. The average Bonchev–Trinajstić information content (AvgIpc) is 2.77. The van der Waals surface area contributed by atoms with Crippen LogP contribution in [0.4, 0.5) is 10.5 Å². The summed E-state index contributed by atoms with van der Waals surface area (Å²) in [5.74, 6) is -3.39. The fourth-order valence-electron chi connectivity index (χ4n) is 3.03. The molecule has 0 bridgehead atoms. The predicted octanol–water partition coefficient (Wildman–Crippen LogP) is 2.33. The zero-order valence-corrected chi connectivity index (χ0v) is 20.7. The first-order valence-electron chi connectivity index (χ1n) is 10.5. The van der Waals surface area contributed by atoms with Gasteiger partial charge in [0, 0.05) is 5.69 Å². The lowest BCUT2D eigenvalue weighted by Crippen LogP contribution is -2.45. The molecule has 2 aromatic rings. The zero-order chi connectivity index (χ0) is 26.3. The molecule has 2 rings (SSSR count). The van der Waals surface area contributed by atoms with Gasteiger partial charge in [0.2, 0.25) is 0 Å². The highest BCUT2D eigenvalue weighted by molar-refractivity contribution is 7.92. The lowest BCUT2D eigenvalue weighted by atomic mass is 10.1. The van der Waals surface area contributed by atoms with Gasteiger partial charge in [-0.3, -0.25) is 9.52 Å². The Morgan fingerprint density at radius 2 is 1.77 bits per heavy atom. The molecule has 7 N–H and O–H groups in total. The second-order valence-corrected chi connectivity index (χ2v) is 10.0. The van der Waals surface area contributed by atoms with Crippen molar-refractivity contribution >= 4 is 45.3 Å². The number of carbonyl (C=O) groups excluding carboxylic acids is 2. The number of nitrogens with two attached hydrogens (primary N) is 2. The minimum atomic E-state index is -4.20. The van der Waals surface area contributed by atoms with E-state index in [0.717, 1.165) is 30.5 Å². The number of anilines is 1. The number of primary amides is 1. The molecule has 11 nitrogen and oxygen atoms in total. The third-order valence-corrected chi connectivity index (χ3v) is 6.51. The Morgan fingerprint density at radius 1 is 1.14 bits per heavy atom. The van der Waals surface area contributed by atoms with Gasteiger partial charge in [0.15, 0.2) is 5.75 Å². The maximum Gasteiger partial charge on any atom is 0.413 e. The van der Waals surface area contributed by atoms with Crippen LogP contribution in [0, 0.1) is 5.92 Å². The molecular formula is C22H27ClN4O7S. The number of hydrogen-bond acceptors (Lipinski definition) is 7. The lowest BCUT2D eigenvalue weighted by molar-refractivity contribution is -0.140. The van der Waals surface area contributed by atoms with Gasteiger partial charge in [-0.25, -0.2) is 18.0 Å². The van der Waals surface area contributed by atoms with Crippen LogP contribution >= 0.6 is 11.6 Å². The molecular weight excluding hydrogens is 500 g/mol. The van der Waals surface area contributed by atoms with Gasteiger partial charge in [0.05, 0.1) is 15.5 Å². The molecule has 35 heavy (non-hydrogen) atoms. The van der Waals surface area contributed by atoms with E-state index in [0.29, 0.717) is 6.54 Å². The second-order valence-electron chi connectivity index (χ2n) is 7.93. The van der Waals surface area contributed by atoms with E-state index >= 15 is 0 Å². The van der Waals surface area contributed by atoms with Crippen LogP contribution in [0.3, 0.4) is 0 Å². The molecule has 0 radical (unpaired) electrons. The summed E-state index contributed by atoms with van der Waals surface area (Å²) >= 11 is 6.13. The van der Waals surface area contributed by atoms with E-state index in [4.69, 9.17) is 27.8 Å². The molecule has 0 aliphatic heterocycles. The average molecular weight is 527 g/mol. The number of carboxylic acids is 1. The number of benzene rings is 2. The maximum absolute atomic E-state index is 12.9. The Hall–Kier alpha value is -3.35. The van der Waals surface area contributed by atoms with E-state index in [2.05, 4.69) is 10.0 Å². The van der Waals surface area contributed by atoms with E-state index in [9.17, 15) is 27.9 Å². The van der Waals surface area contributed by atoms with Crippen LogP contribution in [0.1, 0.15) is 36.2 Å². The number of aliphatic carboxylic acids is 1. The van der Waals surface area contributed by atoms with Crippen molar-refractivity contribution in [3.05, 3.63) is 52.5 Å². The zero-order valence-electron chi connectivity index (χ0n) is 19.1. The summed E-state index contributed by atoms with van der Waals surface area (Å²) in [4.78, 5) is 35.1. The summed E-state index contributed by atoms with van der Waals surface area (Å²) in [5, 5.41) is 11.0. The molecule has 2 aromatic carbocycles. The minimum Gasteiger partial charge on any atom is -0.480 e. The highest BCUT2D eigenvalue weighted by atomic mass is 35.5. The van der Waals surface area contributed by atoms with Crippen LogP contribution in [-0.4, -0.2) is 44.1 Å². The molecule has 0 aliphatic rings. The summed E-state index contributed by atoms with van der Waals surface area (Å²) in [6, 6.07) is 7.28. The van der Waals surface area contributed by atoms with E-state index in [1.807, 2.05) is 0 Å². The van der Waals surface area contributed by atoms with Gasteiger partial charge in [-0.1, -0.05) is 37.6 Å². The van der Waals surface area contributed by atoms with Crippen molar-refractivity contribution in [2.75, 3.05) is 11.3 Å². The molecule has 0 fully saturated rings. The van der Waals surface area contributed by atoms with Gasteiger partial charge in [-0.05, 0) is 55.1 Å². The van der Waals surface area contributed by atoms with Crippen molar-refractivity contribution in [1.82, 2.24) is 5.32 Å². The van der Waals surface area contributed by atoms with Crippen molar-refractivity contribution in [2.45, 2.75) is 37.6 Å². The number of halogens is 1. The Morgan fingerprint density at radius 3 is 2.29 bits per heavy atom. The highest BCUT2D eigenvalue weighted by Gasteiger charge is 2.27. The van der Waals surface area contributed by atoms with Crippen LogP contribution < -0.4 is 26.2 Å². The lowest BCUT2D eigenvalue weighted by Gasteiger charge is -2.19. The first kappa shape index (κ1) is 27.9. The fraction of sp³-hybridized carbons (Fsp3) is 0.318. The van der Waals surface area contributed by atoms with Crippen molar-refractivity contribution in [3.8, 4) is 5.75 Å². The first-order valence-corrected chi connectivity index (χ1v) is 12.4. The van der Waals surface area contributed by atoms with Gasteiger partial charge in [-0.2, -0.15) is 0 Å². The monoisotopic (exact) mass is 526 g/mol. The second kappa shape index (κ2) is 11.9. The normalized spacial score (nSPS) is 12.1. The first-order chi connectivity index (χ1) is 16.4.